The average molecular weight is 259 g/mol. The third-order valence-electron chi connectivity index (χ3n) is 2.12. The first-order valence-corrected chi connectivity index (χ1v) is 6.84. The molecule has 0 aromatic carbocycles. The lowest BCUT2D eigenvalue weighted by atomic mass is 10.3. The van der Waals surface area contributed by atoms with E-state index in [1.165, 1.54) is 18.4 Å². The van der Waals surface area contributed by atoms with Crippen LogP contribution in [0.2, 0.25) is 0 Å². The van der Waals surface area contributed by atoms with Gasteiger partial charge >= 0.3 is 0 Å². The molecule has 1 aromatic rings. The number of nitrogens with zero attached hydrogens (tertiary/aromatic N) is 1. The molecule has 0 bridgehead atoms. The van der Waals surface area contributed by atoms with Crippen LogP contribution in [0.5, 0.6) is 0 Å². The van der Waals surface area contributed by atoms with E-state index in [0.29, 0.717) is 10.4 Å². The summed E-state index contributed by atoms with van der Waals surface area (Å²) in [5, 5.41) is 10.8. The average Bonchev–Trinajstić information content (AvgIpc) is 2.60. The van der Waals surface area contributed by atoms with Gasteiger partial charge in [0.25, 0.3) is 0 Å². The van der Waals surface area contributed by atoms with Crippen molar-refractivity contribution in [1.82, 2.24) is 4.31 Å². The van der Waals surface area contributed by atoms with Crippen LogP contribution in [0.1, 0.15) is 10.4 Å². The Balaban J connectivity index is 3.27. The summed E-state index contributed by atoms with van der Waals surface area (Å²) in [6.45, 7) is 1.44. The summed E-state index contributed by atoms with van der Waals surface area (Å²) in [5.74, 6) is 2.28. The van der Waals surface area contributed by atoms with E-state index in [-0.39, 0.29) is 18.0 Å². The summed E-state index contributed by atoms with van der Waals surface area (Å²) in [6, 6.07) is 0. The standard InChI is InChI=1S/C10H13NO3S2/c1-4-5-11(3)16(13,14)10-8(2)7-15-9(10)6-12/h1,7,12H,5-6H2,2-3H3. The molecule has 0 spiro atoms. The van der Waals surface area contributed by atoms with Gasteiger partial charge in [0.1, 0.15) is 4.90 Å². The molecule has 0 fully saturated rings. The third-order valence-corrected chi connectivity index (χ3v) is 5.37. The zero-order valence-corrected chi connectivity index (χ0v) is 10.7. The van der Waals surface area contributed by atoms with E-state index in [4.69, 9.17) is 11.5 Å². The van der Waals surface area contributed by atoms with E-state index in [1.54, 1.807) is 12.3 Å². The Hall–Kier alpha value is -0.870. The largest absolute Gasteiger partial charge is 0.391 e. The molecule has 4 nitrogen and oxygen atoms in total. The topological polar surface area (TPSA) is 57.6 Å². The second-order valence-electron chi connectivity index (χ2n) is 3.29. The van der Waals surface area contributed by atoms with Crippen molar-refractivity contribution < 1.29 is 13.5 Å². The van der Waals surface area contributed by atoms with E-state index in [1.807, 2.05) is 0 Å². The Labute approximate surface area is 99.6 Å². The van der Waals surface area contributed by atoms with E-state index < -0.39 is 10.0 Å². The number of sulfonamides is 1. The van der Waals surface area contributed by atoms with Gasteiger partial charge in [-0.15, -0.1) is 17.8 Å². The lowest BCUT2D eigenvalue weighted by molar-refractivity contribution is 0.282. The summed E-state index contributed by atoms with van der Waals surface area (Å²) in [6.07, 6.45) is 5.09. The normalized spacial score (nSPS) is 11.7. The SMILES string of the molecule is C#CCN(C)S(=O)(=O)c1c(C)csc1CO. The van der Waals surface area contributed by atoms with Crippen molar-refractivity contribution in [2.45, 2.75) is 18.4 Å². The quantitative estimate of drug-likeness (QED) is 0.814. The van der Waals surface area contributed by atoms with Gasteiger partial charge in [-0.25, -0.2) is 8.42 Å². The van der Waals surface area contributed by atoms with Crippen molar-refractivity contribution >= 4 is 21.4 Å². The van der Waals surface area contributed by atoms with Crippen LogP contribution in [0, 0.1) is 19.3 Å². The van der Waals surface area contributed by atoms with Crippen molar-refractivity contribution in [3.05, 3.63) is 15.8 Å². The van der Waals surface area contributed by atoms with Gasteiger partial charge in [-0.1, -0.05) is 5.92 Å². The van der Waals surface area contributed by atoms with E-state index in [9.17, 15) is 8.42 Å². The summed E-state index contributed by atoms with van der Waals surface area (Å²) < 4.78 is 25.3. The second kappa shape index (κ2) is 4.97. The van der Waals surface area contributed by atoms with E-state index in [0.717, 1.165) is 4.31 Å². The number of aliphatic hydroxyl groups excluding tert-OH is 1. The van der Waals surface area contributed by atoms with Crippen LogP contribution in [0.4, 0.5) is 0 Å². The highest BCUT2D eigenvalue weighted by molar-refractivity contribution is 7.89. The number of hydrogen-bond donors (Lipinski definition) is 1. The maximum Gasteiger partial charge on any atom is 0.245 e. The van der Waals surface area contributed by atoms with Crippen molar-refractivity contribution in [2.24, 2.45) is 0 Å². The predicted molar refractivity (Wildman–Crippen MR) is 63.6 cm³/mol. The Kier molecular flexibility index (Phi) is 4.10. The molecule has 1 heterocycles. The van der Waals surface area contributed by atoms with E-state index >= 15 is 0 Å². The van der Waals surface area contributed by atoms with Crippen LogP contribution in [0.15, 0.2) is 10.3 Å². The Morgan fingerprint density at radius 1 is 1.62 bits per heavy atom. The van der Waals surface area contributed by atoms with Gasteiger partial charge in [0, 0.05) is 7.05 Å². The molecule has 0 saturated heterocycles. The van der Waals surface area contributed by atoms with Crippen LogP contribution in [0.3, 0.4) is 0 Å². The lowest BCUT2D eigenvalue weighted by Gasteiger charge is -2.15. The number of hydrogen-bond acceptors (Lipinski definition) is 4. The van der Waals surface area contributed by atoms with Crippen LogP contribution in [-0.2, 0) is 16.6 Å². The van der Waals surface area contributed by atoms with Crippen LogP contribution in [0.25, 0.3) is 0 Å². The van der Waals surface area contributed by atoms with Gasteiger partial charge in [0.05, 0.1) is 18.0 Å². The number of aliphatic hydroxyl groups is 1. The summed E-state index contributed by atoms with van der Waals surface area (Å²) in [4.78, 5) is 0.624. The zero-order chi connectivity index (χ0) is 12.3. The highest BCUT2D eigenvalue weighted by atomic mass is 32.2. The van der Waals surface area contributed by atoms with Crippen LogP contribution < -0.4 is 0 Å². The minimum atomic E-state index is -3.59. The molecular formula is C10H13NO3S2. The van der Waals surface area contributed by atoms with Gasteiger partial charge in [-0.05, 0) is 17.9 Å². The first-order chi connectivity index (χ1) is 7.45. The smallest absolute Gasteiger partial charge is 0.245 e. The van der Waals surface area contributed by atoms with Gasteiger partial charge < -0.3 is 5.11 Å². The number of terminal acetylenes is 1. The molecule has 0 unspecified atom stereocenters. The van der Waals surface area contributed by atoms with Crippen molar-refractivity contribution in [1.29, 1.82) is 0 Å². The van der Waals surface area contributed by atoms with Gasteiger partial charge in [0.2, 0.25) is 10.0 Å². The maximum atomic E-state index is 12.1. The Bertz CT molecular complexity index is 511. The van der Waals surface area contributed by atoms with Crippen LogP contribution in [-0.4, -0.2) is 31.4 Å². The predicted octanol–water partition coefficient (Wildman–Crippen LogP) is 0.803. The van der Waals surface area contributed by atoms with Crippen molar-refractivity contribution in [3.8, 4) is 12.3 Å². The first kappa shape index (κ1) is 13.2. The summed E-state index contributed by atoms with van der Waals surface area (Å²) in [5.41, 5.74) is 0.637. The fourth-order valence-corrected chi connectivity index (χ4v) is 4.00. The number of rotatable bonds is 4. The van der Waals surface area contributed by atoms with Crippen molar-refractivity contribution in [3.63, 3.8) is 0 Å². The summed E-state index contributed by atoms with van der Waals surface area (Å²) in [7, 11) is -2.17. The molecule has 88 valence electrons. The van der Waals surface area contributed by atoms with Crippen molar-refractivity contribution in [2.75, 3.05) is 13.6 Å². The zero-order valence-electron chi connectivity index (χ0n) is 9.10. The second-order valence-corrected chi connectivity index (χ2v) is 6.24. The van der Waals surface area contributed by atoms with Gasteiger partial charge in [-0.3, -0.25) is 0 Å². The van der Waals surface area contributed by atoms with Gasteiger partial charge in [0.15, 0.2) is 0 Å². The molecule has 6 heteroatoms. The van der Waals surface area contributed by atoms with Gasteiger partial charge in [-0.2, -0.15) is 4.31 Å². The third kappa shape index (κ3) is 2.28. The number of aryl methyl sites for hydroxylation is 1. The molecule has 0 radical (unpaired) electrons. The number of thiophene rings is 1. The molecule has 0 aliphatic heterocycles. The molecule has 1 aromatic heterocycles. The molecule has 0 aliphatic rings. The maximum absolute atomic E-state index is 12.1. The molecule has 1 N–H and O–H groups in total. The fraction of sp³-hybridized carbons (Fsp3) is 0.400. The Morgan fingerprint density at radius 3 is 2.75 bits per heavy atom. The first-order valence-electron chi connectivity index (χ1n) is 4.52. The van der Waals surface area contributed by atoms with E-state index in [2.05, 4.69) is 5.92 Å². The summed E-state index contributed by atoms with van der Waals surface area (Å²) >= 11 is 1.23. The molecule has 16 heavy (non-hydrogen) atoms. The minimum Gasteiger partial charge on any atom is -0.391 e. The fourth-order valence-electron chi connectivity index (χ4n) is 1.31. The minimum absolute atomic E-state index is 0.0164. The molecule has 0 aliphatic carbocycles. The monoisotopic (exact) mass is 259 g/mol. The molecule has 1 rings (SSSR count). The van der Waals surface area contributed by atoms with Crippen LogP contribution >= 0.6 is 11.3 Å². The molecule has 0 atom stereocenters. The highest BCUT2D eigenvalue weighted by Crippen LogP contribution is 2.28. The molecular weight excluding hydrogens is 246 g/mol. The molecule has 0 amide bonds. The lowest BCUT2D eigenvalue weighted by Crippen LogP contribution is -2.28. The highest BCUT2D eigenvalue weighted by Gasteiger charge is 2.26. The molecule has 0 saturated carbocycles. The Morgan fingerprint density at radius 2 is 2.25 bits per heavy atom.